The molecule has 1 saturated heterocycles. The highest BCUT2D eigenvalue weighted by molar-refractivity contribution is 5.97. The van der Waals surface area contributed by atoms with E-state index < -0.39 is 0 Å². The number of nitrogens with two attached hydrogens (primary N) is 2. The van der Waals surface area contributed by atoms with Gasteiger partial charge in [0.1, 0.15) is 11.6 Å². The maximum Gasteiger partial charge on any atom is 0.349 e. The first kappa shape index (κ1) is 21.1. The van der Waals surface area contributed by atoms with Crippen molar-refractivity contribution >= 4 is 17.4 Å². The Hall–Kier alpha value is -2.62. The van der Waals surface area contributed by atoms with E-state index in [-0.39, 0.29) is 18.0 Å². The van der Waals surface area contributed by atoms with E-state index in [2.05, 4.69) is 20.2 Å². The van der Waals surface area contributed by atoms with E-state index in [1.54, 1.807) is 29.0 Å². The molecule has 3 heterocycles. The first-order chi connectivity index (χ1) is 14.0. The Bertz CT molecular complexity index is 858. The van der Waals surface area contributed by atoms with Crippen LogP contribution in [0.1, 0.15) is 36.0 Å². The monoisotopic (exact) mass is 399 g/mol. The average molecular weight is 399 g/mol. The number of piperidine rings is 1. The minimum absolute atomic E-state index is 0.0551. The zero-order valence-corrected chi connectivity index (χ0v) is 16.6. The van der Waals surface area contributed by atoms with Crippen LogP contribution in [0.4, 0.5) is 11.6 Å². The van der Waals surface area contributed by atoms with Crippen LogP contribution in [0.3, 0.4) is 0 Å². The molecule has 156 valence electrons. The second-order valence-corrected chi connectivity index (χ2v) is 7.36. The van der Waals surface area contributed by atoms with Gasteiger partial charge in [-0.15, -0.1) is 0 Å². The summed E-state index contributed by atoms with van der Waals surface area (Å²) in [4.78, 5) is 34.4. The molecule has 0 bridgehead atoms. The third-order valence-electron chi connectivity index (χ3n) is 5.16. The summed E-state index contributed by atoms with van der Waals surface area (Å²) in [6.45, 7) is 3.77. The number of nitrogens with one attached hydrogen (secondary N) is 1. The molecule has 2 aromatic rings. The Balaban J connectivity index is 1.47. The van der Waals surface area contributed by atoms with Crippen LogP contribution in [-0.4, -0.2) is 57.4 Å². The maximum atomic E-state index is 12.3. The van der Waals surface area contributed by atoms with Crippen LogP contribution in [0.5, 0.6) is 0 Å². The lowest BCUT2D eigenvalue weighted by atomic mass is 10.1. The van der Waals surface area contributed by atoms with Gasteiger partial charge in [0, 0.05) is 30.5 Å². The first-order valence-electron chi connectivity index (χ1n) is 10.1. The van der Waals surface area contributed by atoms with Crippen molar-refractivity contribution in [2.75, 3.05) is 31.5 Å². The maximum absolute atomic E-state index is 12.3. The third kappa shape index (κ3) is 6.18. The van der Waals surface area contributed by atoms with Gasteiger partial charge in [0.05, 0.1) is 6.54 Å². The molecule has 2 aromatic heterocycles. The largest absolute Gasteiger partial charge is 0.349 e. The quantitative estimate of drug-likeness (QED) is 0.415. The molecular weight excluding hydrogens is 370 g/mol. The van der Waals surface area contributed by atoms with Crippen LogP contribution in [0, 0.1) is 0 Å². The molecule has 0 spiro atoms. The van der Waals surface area contributed by atoms with Crippen molar-refractivity contribution in [3.8, 4) is 0 Å². The SMILES string of the molecule is NCC(=O)c1ccc(Nc2ccn(CCCCN3CCC(N)CC3)c(=O)n2)nc1. The number of hydrogen-bond acceptors (Lipinski definition) is 8. The van der Waals surface area contributed by atoms with Crippen molar-refractivity contribution in [2.24, 2.45) is 11.5 Å². The summed E-state index contributed by atoms with van der Waals surface area (Å²) in [7, 11) is 0. The van der Waals surface area contributed by atoms with Crippen LogP contribution < -0.4 is 22.5 Å². The number of ketones is 1. The summed E-state index contributed by atoms with van der Waals surface area (Å²) in [5.74, 6) is 0.749. The Morgan fingerprint density at radius 1 is 1.14 bits per heavy atom. The number of carbonyl (C=O) groups excluding carboxylic acids is 1. The molecule has 0 saturated carbocycles. The van der Waals surface area contributed by atoms with E-state index in [1.165, 1.54) is 6.20 Å². The van der Waals surface area contributed by atoms with Gasteiger partial charge in [-0.3, -0.25) is 9.36 Å². The van der Waals surface area contributed by atoms with Crippen molar-refractivity contribution < 1.29 is 4.79 Å². The van der Waals surface area contributed by atoms with Crippen LogP contribution >= 0.6 is 0 Å². The number of aryl methyl sites for hydroxylation is 1. The van der Waals surface area contributed by atoms with E-state index in [0.717, 1.165) is 45.3 Å². The van der Waals surface area contributed by atoms with Gasteiger partial charge in [-0.05, 0) is 63.5 Å². The molecule has 9 nitrogen and oxygen atoms in total. The van der Waals surface area contributed by atoms with E-state index in [0.29, 0.717) is 29.8 Å². The Morgan fingerprint density at radius 2 is 1.90 bits per heavy atom. The third-order valence-corrected chi connectivity index (χ3v) is 5.16. The topological polar surface area (TPSA) is 132 Å². The highest BCUT2D eigenvalue weighted by atomic mass is 16.1. The Morgan fingerprint density at radius 3 is 2.55 bits per heavy atom. The molecule has 0 aromatic carbocycles. The van der Waals surface area contributed by atoms with Crippen LogP contribution in [-0.2, 0) is 6.54 Å². The molecule has 0 aliphatic carbocycles. The van der Waals surface area contributed by atoms with Crippen LogP contribution in [0.25, 0.3) is 0 Å². The van der Waals surface area contributed by atoms with Gasteiger partial charge in [-0.25, -0.2) is 9.78 Å². The molecule has 1 aliphatic heterocycles. The minimum atomic E-state index is -0.297. The standard InChI is InChI=1S/C20H29N7O2/c21-13-17(28)15-3-4-18(23-14-15)24-19-7-12-27(20(29)25-19)9-2-1-8-26-10-5-16(22)6-11-26/h3-4,7,12,14,16H,1-2,5-6,8-11,13,21-22H2,(H,23,24,25,29). The van der Waals surface area contributed by atoms with Gasteiger partial charge in [-0.2, -0.15) is 4.98 Å². The number of pyridine rings is 1. The van der Waals surface area contributed by atoms with Crippen LogP contribution in [0.2, 0.25) is 0 Å². The summed E-state index contributed by atoms with van der Waals surface area (Å²) in [5, 5.41) is 2.97. The summed E-state index contributed by atoms with van der Waals surface area (Å²) < 4.78 is 1.62. The zero-order chi connectivity index (χ0) is 20.6. The molecule has 1 aliphatic rings. The number of anilines is 2. The molecule has 5 N–H and O–H groups in total. The van der Waals surface area contributed by atoms with E-state index in [9.17, 15) is 9.59 Å². The van der Waals surface area contributed by atoms with Crippen LogP contribution in [0.15, 0.2) is 35.4 Å². The second-order valence-electron chi connectivity index (χ2n) is 7.36. The highest BCUT2D eigenvalue weighted by Gasteiger charge is 2.15. The number of likely N-dealkylation sites (tertiary alicyclic amines) is 1. The molecule has 0 atom stereocenters. The summed E-state index contributed by atoms with van der Waals surface area (Å²) in [5.41, 5.74) is 11.4. The molecule has 0 radical (unpaired) electrons. The number of rotatable bonds is 9. The minimum Gasteiger partial charge on any atom is -0.328 e. The molecule has 3 rings (SSSR count). The molecule has 0 unspecified atom stereocenters. The number of unbranched alkanes of at least 4 members (excludes halogenated alkanes) is 1. The van der Waals surface area contributed by atoms with Gasteiger partial charge in [-0.1, -0.05) is 0 Å². The predicted molar refractivity (Wildman–Crippen MR) is 112 cm³/mol. The fourth-order valence-corrected chi connectivity index (χ4v) is 3.34. The molecule has 29 heavy (non-hydrogen) atoms. The molecule has 9 heteroatoms. The fourth-order valence-electron chi connectivity index (χ4n) is 3.34. The Labute approximate surface area is 170 Å². The van der Waals surface area contributed by atoms with Gasteiger partial charge >= 0.3 is 5.69 Å². The van der Waals surface area contributed by atoms with Crippen molar-refractivity contribution in [1.82, 2.24) is 19.4 Å². The lowest BCUT2D eigenvalue weighted by Crippen LogP contribution is -2.40. The zero-order valence-electron chi connectivity index (χ0n) is 16.6. The van der Waals surface area contributed by atoms with Crippen molar-refractivity contribution in [3.05, 3.63) is 46.6 Å². The lowest BCUT2D eigenvalue weighted by molar-refractivity contribution is 0.100. The smallest absolute Gasteiger partial charge is 0.328 e. The lowest BCUT2D eigenvalue weighted by Gasteiger charge is -2.29. The predicted octanol–water partition coefficient (Wildman–Crippen LogP) is 0.727. The first-order valence-corrected chi connectivity index (χ1v) is 10.1. The number of hydrogen-bond donors (Lipinski definition) is 3. The normalized spacial score (nSPS) is 15.4. The number of nitrogens with zero attached hydrogens (tertiary/aromatic N) is 4. The van der Waals surface area contributed by atoms with Crippen molar-refractivity contribution in [2.45, 2.75) is 38.3 Å². The number of Topliss-reactive ketones (excluding diaryl/α,β-unsaturated/α-hetero) is 1. The number of aromatic nitrogens is 3. The molecule has 0 amide bonds. The summed E-state index contributed by atoms with van der Waals surface area (Å²) >= 11 is 0. The Kier molecular flexibility index (Phi) is 7.45. The van der Waals surface area contributed by atoms with Crippen molar-refractivity contribution in [3.63, 3.8) is 0 Å². The van der Waals surface area contributed by atoms with E-state index in [4.69, 9.17) is 11.5 Å². The highest BCUT2D eigenvalue weighted by Crippen LogP contribution is 2.12. The van der Waals surface area contributed by atoms with Gasteiger partial charge < -0.3 is 21.7 Å². The van der Waals surface area contributed by atoms with E-state index in [1.807, 2.05) is 0 Å². The summed E-state index contributed by atoms with van der Waals surface area (Å²) in [6, 6.07) is 5.39. The second kappa shape index (κ2) is 10.2. The van der Waals surface area contributed by atoms with Gasteiger partial charge in [0.2, 0.25) is 0 Å². The summed E-state index contributed by atoms with van der Waals surface area (Å²) in [6.07, 6.45) is 7.30. The van der Waals surface area contributed by atoms with E-state index >= 15 is 0 Å². The molecule has 1 fully saturated rings. The van der Waals surface area contributed by atoms with Crippen molar-refractivity contribution in [1.29, 1.82) is 0 Å². The van der Waals surface area contributed by atoms with Gasteiger partial charge in [0.15, 0.2) is 5.78 Å². The number of carbonyl (C=O) groups is 1. The average Bonchev–Trinajstić information content (AvgIpc) is 2.74. The van der Waals surface area contributed by atoms with Gasteiger partial charge in [0.25, 0.3) is 0 Å². The fraction of sp³-hybridized carbons (Fsp3) is 0.500. The molecular formula is C20H29N7O2.